The molecule has 0 aromatic rings. The number of carbonyl (C=O) groups is 4. The van der Waals surface area contributed by atoms with Crippen molar-refractivity contribution >= 4 is 23.6 Å². The number of hydrogen-bond acceptors (Lipinski definition) is 8. The van der Waals surface area contributed by atoms with Crippen molar-refractivity contribution in [3.8, 4) is 0 Å². The molecule has 6 N–H and O–H groups in total. The number of nitrogens with one attached hydrogen (secondary N) is 6. The normalized spacial score (nSPS) is 11.0. The first-order valence-corrected chi connectivity index (χ1v) is 14.0. The molecule has 222 valence electrons. The first-order valence-electron chi connectivity index (χ1n) is 14.0. The van der Waals surface area contributed by atoms with E-state index < -0.39 is 0 Å². The molecule has 0 atom stereocenters. The standard InChI is InChI=1S/C26H54N8O4/c1-23(35)29-11-5-9-27-15-19-33(17-7-13-31-25(3)37)21-22-34(18-8-14-32-26(4)38)20-16-28-10-6-12-30-24(2)36/h27-28H,5-22H2,1-4H3,(H,29,35)(H,30,36)(H,31,37)(H,32,38). The van der Waals surface area contributed by atoms with Crippen LogP contribution in [0.1, 0.15) is 53.4 Å². The van der Waals surface area contributed by atoms with Gasteiger partial charge in [0.05, 0.1) is 0 Å². The van der Waals surface area contributed by atoms with Gasteiger partial charge in [-0.15, -0.1) is 0 Å². The molecule has 0 aliphatic rings. The minimum atomic E-state index is -0.00712. The van der Waals surface area contributed by atoms with Gasteiger partial charge in [-0.2, -0.15) is 0 Å². The average molecular weight is 543 g/mol. The van der Waals surface area contributed by atoms with Crippen molar-refractivity contribution in [2.45, 2.75) is 53.4 Å². The fraction of sp³-hybridized carbons (Fsp3) is 0.846. The lowest BCUT2D eigenvalue weighted by Gasteiger charge is -2.28. The van der Waals surface area contributed by atoms with E-state index in [1.54, 1.807) is 0 Å². The first-order chi connectivity index (χ1) is 18.2. The molecule has 12 nitrogen and oxygen atoms in total. The lowest BCUT2D eigenvalue weighted by atomic mass is 10.3. The van der Waals surface area contributed by atoms with E-state index in [9.17, 15) is 19.2 Å². The summed E-state index contributed by atoms with van der Waals surface area (Å²) in [5.74, 6) is -0.0195. The van der Waals surface area contributed by atoms with Gasteiger partial charge >= 0.3 is 0 Å². The first kappa shape index (κ1) is 35.7. The van der Waals surface area contributed by atoms with Gasteiger partial charge in [0.15, 0.2) is 0 Å². The Labute approximate surface area is 229 Å². The Hall–Kier alpha value is -2.28. The van der Waals surface area contributed by atoms with Crippen LogP contribution in [0.5, 0.6) is 0 Å². The minimum Gasteiger partial charge on any atom is -0.356 e. The van der Waals surface area contributed by atoms with Crippen molar-refractivity contribution < 1.29 is 19.2 Å². The van der Waals surface area contributed by atoms with Gasteiger partial charge in [-0.1, -0.05) is 0 Å². The van der Waals surface area contributed by atoms with Crippen LogP contribution in [0.4, 0.5) is 0 Å². The maximum absolute atomic E-state index is 11.2. The number of carbonyl (C=O) groups excluding carboxylic acids is 4. The smallest absolute Gasteiger partial charge is 0.216 e. The molecular weight excluding hydrogens is 488 g/mol. The van der Waals surface area contributed by atoms with E-state index in [-0.39, 0.29) is 23.6 Å². The van der Waals surface area contributed by atoms with Crippen LogP contribution in [0.15, 0.2) is 0 Å². The summed E-state index contributed by atoms with van der Waals surface area (Å²) in [4.78, 5) is 49.2. The van der Waals surface area contributed by atoms with Crippen molar-refractivity contribution in [3.05, 3.63) is 0 Å². The Bertz CT molecular complexity index is 597. The van der Waals surface area contributed by atoms with Gasteiger partial charge < -0.3 is 41.7 Å². The highest BCUT2D eigenvalue weighted by Crippen LogP contribution is 1.97. The maximum atomic E-state index is 11.2. The Kier molecular flexibility index (Phi) is 23.5. The predicted molar refractivity (Wildman–Crippen MR) is 152 cm³/mol. The summed E-state index contributed by atoms with van der Waals surface area (Å²) in [5, 5.41) is 18.3. The Morgan fingerprint density at radius 3 is 1.03 bits per heavy atom. The Morgan fingerprint density at radius 2 is 0.711 bits per heavy atom. The molecule has 0 rings (SSSR count). The quantitative estimate of drug-likeness (QED) is 0.0795. The number of amides is 4. The summed E-state index contributed by atoms with van der Waals surface area (Å²) in [6, 6.07) is 0. The largest absolute Gasteiger partial charge is 0.356 e. The van der Waals surface area contributed by atoms with Crippen LogP contribution in [-0.4, -0.2) is 125 Å². The van der Waals surface area contributed by atoms with Gasteiger partial charge in [0.2, 0.25) is 23.6 Å². The van der Waals surface area contributed by atoms with Crippen LogP contribution >= 0.6 is 0 Å². The average Bonchev–Trinajstić information content (AvgIpc) is 2.84. The van der Waals surface area contributed by atoms with Crippen LogP contribution in [0.3, 0.4) is 0 Å². The summed E-state index contributed by atoms with van der Waals surface area (Å²) in [5.41, 5.74) is 0. The maximum Gasteiger partial charge on any atom is 0.216 e. The molecule has 12 heteroatoms. The minimum absolute atomic E-state index is 0.00263. The molecule has 0 fully saturated rings. The second-order valence-corrected chi connectivity index (χ2v) is 9.53. The summed E-state index contributed by atoms with van der Waals surface area (Å²) >= 11 is 0. The van der Waals surface area contributed by atoms with E-state index >= 15 is 0 Å². The zero-order valence-electron chi connectivity index (χ0n) is 24.3. The third-order valence-corrected chi connectivity index (χ3v) is 5.80. The third-order valence-electron chi connectivity index (χ3n) is 5.80. The van der Waals surface area contributed by atoms with E-state index in [1.165, 1.54) is 27.7 Å². The van der Waals surface area contributed by atoms with Crippen molar-refractivity contribution in [3.63, 3.8) is 0 Å². The third kappa shape index (κ3) is 26.8. The predicted octanol–water partition coefficient (Wildman–Crippen LogP) is -1.13. The molecule has 0 aromatic carbocycles. The van der Waals surface area contributed by atoms with Crippen molar-refractivity contribution in [2.75, 3.05) is 91.6 Å². The number of hydrogen-bond donors (Lipinski definition) is 6. The summed E-state index contributed by atoms with van der Waals surface area (Å²) in [6.07, 6.45) is 3.56. The zero-order chi connectivity index (χ0) is 28.4. The highest BCUT2D eigenvalue weighted by Gasteiger charge is 2.10. The van der Waals surface area contributed by atoms with E-state index in [0.717, 1.165) is 91.1 Å². The second kappa shape index (κ2) is 25.0. The number of nitrogens with zero attached hydrogens (tertiary/aromatic N) is 2. The Balaban J connectivity index is 4.60. The van der Waals surface area contributed by atoms with Gasteiger partial charge in [0, 0.05) is 93.1 Å². The molecule has 38 heavy (non-hydrogen) atoms. The molecule has 0 bridgehead atoms. The molecular formula is C26H54N8O4. The molecule has 0 radical (unpaired) electrons. The van der Waals surface area contributed by atoms with Gasteiger partial charge in [-0.25, -0.2) is 0 Å². The topological polar surface area (TPSA) is 147 Å². The molecule has 0 heterocycles. The van der Waals surface area contributed by atoms with Gasteiger partial charge in [-0.3, -0.25) is 19.2 Å². The van der Waals surface area contributed by atoms with Crippen molar-refractivity contribution in [1.82, 2.24) is 41.7 Å². The summed E-state index contributed by atoms with van der Waals surface area (Å²) in [7, 11) is 0. The fourth-order valence-electron chi connectivity index (χ4n) is 3.77. The van der Waals surface area contributed by atoms with Crippen LogP contribution < -0.4 is 31.9 Å². The van der Waals surface area contributed by atoms with Gasteiger partial charge in [0.1, 0.15) is 0 Å². The molecule has 0 aromatic heterocycles. The highest BCUT2D eigenvalue weighted by atomic mass is 16.2. The van der Waals surface area contributed by atoms with E-state index in [2.05, 4.69) is 41.7 Å². The lowest BCUT2D eigenvalue weighted by molar-refractivity contribution is -0.119. The molecule has 0 saturated carbocycles. The van der Waals surface area contributed by atoms with Crippen LogP contribution in [0.2, 0.25) is 0 Å². The van der Waals surface area contributed by atoms with Crippen LogP contribution in [0.25, 0.3) is 0 Å². The summed E-state index contributed by atoms with van der Waals surface area (Å²) in [6.45, 7) is 17.7. The number of rotatable bonds is 25. The Morgan fingerprint density at radius 1 is 0.395 bits per heavy atom. The van der Waals surface area contributed by atoms with Crippen LogP contribution in [-0.2, 0) is 19.2 Å². The molecule has 0 aliphatic heterocycles. The molecule has 0 aliphatic carbocycles. The van der Waals surface area contributed by atoms with Crippen molar-refractivity contribution in [1.29, 1.82) is 0 Å². The van der Waals surface area contributed by atoms with Crippen molar-refractivity contribution in [2.24, 2.45) is 0 Å². The monoisotopic (exact) mass is 542 g/mol. The lowest BCUT2D eigenvalue weighted by Crippen LogP contribution is -2.42. The van der Waals surface area contributed by atoms with E-state index in [4.69, 9.17) is 0 Å². The molecule has 0 unspecified atom stereocenters. The van der Waals surface area contributed by atoms with E-state index in [0.29, 0.717) is 26.2 Å². The zero-order valence-corrected chi connectivity index (χ0v) is 24.3. The van der Waals surface area contributed by atoms with E-state index in [1.807, 2.05) is 0 Å². The molecule has 0 saturated heterocycles. The molecule has 0 spiro atoms. The molecule has 4 amide bonds. The fourth-order valence-corrected chi connectivity index (χ4v) is 3.77. The van der Waals surface area contributed by atoms with Gasteiger partial charge in [0.25, 0.3) is 0 Å². The van der Waals surface area contributed by atoms with Crippen LogP contribution in [0, 0.1) is 0 Å². The highest BCUT2D eigenvalue weighted by molar-refractivity contribution is 5.73. The second-order valence-electron chi connectivity index (χ2n) is 9.53. The SMILES string of the molecule is CC(=O)NCCCNCCN(CCCNC(C)=O)CCN(CCCNC(C)=O)CCNCCCNC(C)=O. The van der Waals surface area contributed by atoms with Gasteiger partial charge in [-0.05, 0) is 51.9 Å². The summed E-state index contributed by atoms with van der Waals surface area (Å²) < 4.78 is 0.